The summed E-state index contributed by atoms with van der Waals surface area (Å²) in [6.07, 6.45) is 0.238. The maximum absolute atomic E-state index is 5.17. The molecule has 0 heterocycles. The molecule has 0 bridgehead atoms. The number of hydrogen-bond acceptors (Lipinski definition) is 3. The molecule has 0 aliphatic rings. The van der Waals surface area contributed by atoms with Crippen LogP contribution < -0.4 is 11.2 Å². The van der Waals surface area contributed by atoms with E-state index in [1.165, 1.54) is 0 Å². The Balaban J connectivity index is 2.72. The van der Waals surface area contributed by atoms with Gasteiger partial charge in [-0.3, -0.25) is 4.84 Å². The van der Waals surface area contributed by atoms with Gasteiger partial charge in [0.05, 0.1) is 6.10 Å². The summed E-state index contributed by atoms with van der Waals surface area (Å²) in [5.41, 5.74) is 7.88. The second-order valence-corrected chi connectivity index (χ2v) is 1.85. The highest BCUT2D eigenvalue weighted by Crippen LogP contribution is 1.79. The van der Waals surface area contributed by atoms with Crippen LogP contribution in [-0.4, -0.2) is 19.2 Å². The number of hydrogen-bond donors (Lipinski definition) is 2. The molecule has 0 aliphatic heterocycles. The molecule has 0 atom stereocenters. The quantitative estimate of drug-likeness (QED) is 0.399. The maximum Gasteiger partial charge on any atom is 0.0734 e. The van der Waals surface area contributed by atoms with Gasteiger partial charge in [0.25, 0.3) is 0 Å². The Labute approximate surface area is 50.2 Å². The van der Waals surface area contributed by atoms with Crippen LogP contribution >= 0.6 is 0 Å². The largest absolute Gasteiger partial charge is 0.329 e. The third-order valence-corrected chi connectivity index (χ3v) is 0.565. The third-order valence-electron chi connectivity index (χ3n) is 0.565. The van der Waals surface area contributed by atoms with E-state index in [1.54, 1.807) is 0 Å². The van der Waals surface area contributed by atoms with Crippen molar-refractivity contribution in [3.05, 3.63) is 0 Å². The van der Waals surface area contributed by atoms with E-state index in [0.717, 1.165) is 6.54 Å². The van der Waals surface area contributed by atoms with E-state index in [-0.39, 0.29) is 6.10 Å². The Hall–Kier alpha value is -0.120. The molecule has 50 valence electrons. The zero-order valence-electron chi connectivity index (χ0n) is 5.48. The molecular formula is C5H14N2O. The molecule has 3 N–H and O–H groups in total. The summed E-state index contributed by atoms with van der Waals surface area (Å²) in [4.78, 5) is 4.95. The van der Waals surface area contributed by atoms with Crippen LogP contribution in [0.3, 0.4) is 0 Å². The van der Waals surface area contributed by atoms with E-state index >= 15 is 0 Å². The van der Waals surface area contributed by atoms with Gasteiger partial charge in [0.1, 0.15) is 0 Å². The molecule has 0 rings (SSSR count). The van der Waals surface area contributed by atoms with Gasteiger partial charge in [-0.15, -0.1) is 0 Å². The van der Waals surface area contributed by atoms with Crippen molar-refractivity contribution in [3.63, 3.8) is 0 Å². The fourth-order valence-electron chi connectivity index (χ4n) is 0.285. The SMILES string of the molecule is CC(C)ONCCN. The second kappa shape index (κ2) is 5.03. The Morgan fingerprint density at radius 1 is 1.62 bits per heavy atom. The summed E-state index contributed by atoms with van der Waals surface area (Å²) >= 11 is 0. The van der Waals surface area contributed by atoms with Crippen molar-refractivity contribution in [2.75, 3.05) is 13.1 Å². The lowest BCUT2D eigenvalue weighted by atomic mass is 10.5. The molecule has 3 heteroatoms. The fourth-order valence-corrected chi connectivity index (χ4v) is 0.285. The molecule has 3 nitrogen and oxygen atoms in total. The molecule has 0 aromatic heterocycles. The van der Waals surface area contributed by atoms with Gasteiger partial charge in [-0.1, -0.05) is 0 Å². The van der Waals surface area contributed by atoms with Gasteiger partial charge < -0.3 is 5.73 Å². The summed E-state index contributed by atoms with van der Waals surface area (Å²) in [6, 6.07) is 0. The first kappa shape index (κ1) is 7.88. The van der Waals surface area contributed by atoms with Crippen LogP contribution in [0.2, 0.25) is 0 Å². The van der Waals surface area contributed by atoms with Crippen LogP contribution in [0, 0.1) is 0 Å². The van der Waals surface area contributed by atoms with Crippen molar-refractivity contribution in [2.24, 2.45) is 5.73 Å². The van der Waals surface area contributed by atoms with Crippen LogP contribution in [0.25, 0.3) is 0 Å². The molecule has 0 aromatic rings. The topological polar surface area (TPSA) is 47.3 Å². The Morgan fingerprint density at radius 3 is 2.62 bits per heavy atom. The minimum Gasteiger partial charge on any atom is -0.329 e. The molecule has 0 aromatic carbocycles. The fraction of sp³-hybridized carbons (Fsp3) is 1.00. The summed E-state index contributed by atoms with van der Waals surface area (Å²) < 4.78 is 0. The Bertz CT molecular complexity index is 47.7. The van der Waals surface area contributed by atoms with Gasteiger partial charge in [0.2, 0.25) is 0 Å². The Morgan fingerprint density at radius 2 is 2.25 bits per heavy atom. The zero-order valence-corrected chi connectivity index (χ0v) is 5.48. The van der Waals surface area contributed by atoms with Crippen LogP contribution in [0.4, 0.5) is 0 Å². The van der Waals surface area contributed by atoms with Crippen LogP contribution in [0.15, 0.2) is 0 Å². The summed E-state index contributed by atoms with van der Waals surface area (Å²) in [5, 5.41) is 0. The second-order valence-electron chi connectivity index (χ2n) is 1.85. The number of rotatable bonds is 4. The lowest BCUT2D eigenvalue weighted by Crippen LogP contribution is -2.25. The van der Waals surface area contributed by atoms with Gasteiger partial charge in [0.15, 0.2) is 0 Å². The van der Waals surface area contributed by atoms with E-state index in [4.69, 9.17) is 10.6 Å². The summed E-state index contributed by atoms with van der Waals surface area (Å²) in [6.45, 7) is 5.26. The van der Waals surface area contributed by atoms with Crippen molar-refractivity contribution in [1.82, 2.24) is 5.48 Å². The molecule has 0 fully saturated rings. The standard InChI is InChI=1S/C5H14N2O/c1-5(2)8-7-4-3-6/h5,7H,3-4,6H2,1-2H3. The average molecular weight is 118 g/mol. The lowest BCUT2D eigenvalue weighted by molar-refractivity contribution is -0.00296. The van der Waals surface area contributed by atoms with Crippen molar-refractivity contribution < 1.29 is 4.84 Å². The monoisotopic (exact) mass is 118 g/mol. The molecule has 0 saturated carbocycles. The highest BCUT2D eigenvalue weighted by atomic mass is 16.7. The van der Waals surface area contributed by atoms with Crippen molar-refractivity contribution in [1.29, 1.82) is 0 Å². The normalized spacial score (nSPS) is 10.5. The number of nitrogens with one attached hydrogen (secondary N) is 1. The predicted molar refractivity (Wildman–Crippen MR) is 33.3 cm³/mol. The molecule has 0 aliphatic carbocycles. The predicted octanol–water partition coefficient (Wildman–Crippen LogP) is -0.125. The minimum atomic E-state index is 0.238. The number of hydroxylamine groups is 1. The summed E-state index contributed by atoms with van der Waals surface area (Å²) in [5.74, 6) is 0. The van der Waals surface area contributed by atoms with Gasteiger partial charge in [-0.25, -0.2) is 5.48 Å². The van der Waals surface area contributed by atoms with Crippen LogP contribution in [0.1, 0.15) is 13.8 Å². The van der Waals surface area contributed by atoms with E-state index < -0.39 is 0 Å². The molecule has 0 amide bonds. The highest BCUT2D eigenvalue weighted by Gasteiger charge is 1.88. The molecule has 0 unspecified atom stereocenters. The van der Waals surface area contributed by atoms with E-state index in [1.807, 2.05) is 13.8 Å². The molecule has 0 saturated heterocycles. The van der Waals surface area contributed by atoms with E-state index in [9.17, 15) is 0 Å². The lowest BCUT2D eigenvalue weighted by Gasteiger charge is -2.05. The van der Waals surface area contributed by atoms with Gasteiger partial charge in [-0.05, 0) is 13.8 Å². The van der Waals surface area contributed by atoms with Crippen molar-refractivity contribution >= 4 is 0 Å². The van der Waals surface area contributed by atoms with Gasteiger partial charge in [-0.2, -0.15) is 0 Å². The van der Waals surface area contributed by atoms with Crippen molar-refractivity contribution in [2.45, 2.75) is 20.0 Å². The first-order valence-corrected chi connectivity index (χ1v) is 2.86. The molecule has 8 heavy (non-hydrogen) atoms. The molecule has 0 radical (unpaired) electrons. The van der Waals surface area contributed by atoms with Gasteiger partial charge in [0, 0.05) is 13.1 Å². The highest BCUT2D eigenvalue weighted by molar-refractivity contribution is 4.35. The molecular weight excluding hydrogens is 104 g/mol. The minimum absolute atomic E-state index is 0.238. The Kier molecular flexibility index (Phi) is 4.95. The first-order chi connectivity index (χ1) is 3.77. The third kappa shape index (κ3) is 5.88. The van der Waals surface area contributed by atoms with E-state index in [2.05, 4.69) is 5.48 Å². The van der Waals surface area contributed by atoms with Crippen molar-refractivity contribution in [3.8, 4) is 0 Å². The average Bonchev–Trinajstić information content (AvgIpc) is 1.66. The smallest absolute Gasteiger partial charge is 0.0734 e. The van der Waals surface area contributed by atoms with Gasteiger partial charge >= 0.3 is 0 Å². The van der Waals surface area contributed by atoms with Crippen LogP contribution in [-0.2, 0) is 4.84 Å². The molecule has 0 spiro atoms. The first-order valence-electron chi connectivity index (χ1n) is 2.86. The van der Waals surface area contributed by atoms with E-state index in [0.29, 0.717) is 6.54 Å². The number of nitrogens with two attached hydrogens (primary N) is 1. The maximum atomic E-state index is 5.17. The zero-order chi connectivity index (χ0) is 6.41. The van der Waals surface area contributed by atoms with Crippen LogP contribution in [0.5, 0.6) is 0 Å². The summed E-state index contributed by atoms with van der Waals surface area (Å²) in [7, 11) is 0.